The molecule has 0 fully saturated rings. The molecule has 0 radical (unpaired) electrons. The van der Waals surface area contributed by atoms with Gasteiger partial charge in [-0.3, -0.25) is 4.79 Å². The Bertz CT molecular complexity index is 820. The summed E-state index contributed by atoms with van der Waals surface area (Å²) in [6.07, 6.45) is -3.24. The average molecular weight is 396 g/mol. The number of alkyl halides is 3. The van der Waals surface area contributed by atoms with E-state index in [0.29, 0.717) is 31.1 Å². The lowest BCUT2D eigenvalue weighted by Crippen LogP contribution is -2.20. The molecular weight excluding hydrogens is 377 g/mol. The third kappa shape index (κ3) is 5.80. The summed E-state index contributed by atoms with van der Waals surface area (Å²) in [6, 6.07) is 11.2. The molecule has 0 amide bonds. The number of rotatable bonds is 6. The Kier molecular flexibility index (Phi) is 6.28. The second-order valence-corrected chi connectivity index (χ2v) is 6.16. The Morgan fingerprint density at radius 2 is 1.71 bits per heavy atom. The molecule has 0 aliphatic carbocycles. The largest absolute Gasteiger partial charge is 0.490 e. The van der Waals surface area contributed by atoms with Crippen LogP contribution >= 0.6 is 0 Å². The number of para-hydroxylation sites is 2. The van der Waals surface area contributed by atoms with E-state index in [1.807, 2.05) is 12.1 Å². The van der Waals surface area contributed by atoms with Crippen LogP contribution in [0, 0.1) is 0 Å². The number of aryl methyl sites for hydroxylation is 1. The quantitative estimate of drug-likeness (QED) is 0.538. The van der Waals surface area contributed by atoms with Crippen molar-refractivity contribution in [3.05, 3.63) is 48.0 Å². The van der Waals surface area contributed by atoms with Crippen molar-refractivity contribution in [1.82, 2.24) is 0 Å². The van der Waals surface area contributed by atoms with Crippen molar-refractivity contribution < 1.29 is 36.9 Å². The highest BCUT2D eigenvalue weighted by atomic mass is 19.4. The van der Waals surface area contributed by atoms with Crippen molar-refractivity contribution in [2.75, 3.05) is 19.8 Å². The number of carbonyl (C=O) groups excluding carboxylic acids is 1. The van der Waals surface area contributed by atoms with E-state index in [-0.39, 0.29) is 17.9 Å². The number of benzene rings is 2. The van der Waals surface area contributed by atoms with Crippen LogP contribution < -0.4 is 18.9 Å². The van der Waals surface area contributed by atoms with Crippen LogP contribution in [0.4, 0.5) is 13.2 Å². The molecule has 1 aliphatic heterocycles. The van der Waals surface area contributed by atoms with Crippen LogP contribution in [0.5, 0.6) is 23.0 Å². The predicted octanol–water partition coefficient (Wildman–Crippen LogP) is 4.33. The van der Waals surface area contributed by atoms with Gasteiger partial charge in [0.1, 0.15) is 0 Å². The molecule has 5 nitrogen and oxygen atoms in total. The summed E-state index contributed by atoms with van der Waals surface area (Å²) in [7, 11) is 0. The highest BCUT2D eigenvalue weighted by Gasteiger charge is 2.29. The van der Waals surface area contributed by atoms with Gasteiger partial charge >= 0.3 is 12.1 Å². The Balaban J connectivity index is 1.57. The van der Waals surface area contributed by atoms with Gasteiger partial charge in [0.15, 0.2) is 29.6 Å². The molecule has 0 aromatic heterocycles. The van der Waals surface area contributed by atoms with Crippen molar-refractivity contribution >= 4 is 5.97 Å². The molecule has 0 N–H and O–H groups in total. The summed E-state index contributed by atoms with van der Waals surface area (Å²) in [5.41, 5.74) is 0.864. The third-order valence-corrected chi connectivity index (χ3v) is 3.89. The molecule has 1 aliphatic rings. The normalized spacial score (nSPS) is 13.5. The molecule has 2 aromatic rings. The minimum atomic E-state index is -4.48. The Hall–Kier alpha value is -2.90. The number of esters is 1. The maximum atomic E-state index is 12.3. The van der Waals surface area contributed by atoms with Crippen molar-refractivity contribution in [2.24, 2.45) is 0 Å². The predicted molar refractivity (Wildman–Crippen MR) is 94.0 cm³/mol. The summed E-state index contributed by atoms with van der Waals surface area (Å²) in [5, 5.41) is 0. The zero-order valence-corrected chi connectivity index (χ0v) is 15.0. The van der Waals surface area contributed by atoms with Crippen LogP contribution in [0.2, 0.25) is 0 Å². The molecule has 0 saturated heterocycles. The van der Waals surface area contributed by atoms with Crippen molar-refractivity contribution in [3.63, 3.8) is 0 Å². The van der Waals surface area contributed by atoms with Gasteiger partial charge in [-0.1, -0.05) is 18.2 Å². The lowest BCUT2D eigenvalue weighted by atomic mass is 10.1. The van der Waals surface area contributed by atoms with Crippen molar-refractivity contribution in [3.8, 4) is 23.0 Å². The van der Waals surface area contributed by atoms with Crippen LogP contribution in [0.25, 0.3) is 0 Å². The SMILES string of the molecule is O=C(CCc1ccc2c(c1)OCCCO2)Oc1ccccc1OCC(F)(F)F. The van der Waals surface area contributed by atoms with E-state index in [9.17, 15) is 18.0 Å². The van der Waals surface area contributed by atoms with Gasteiger partial charge in [-0.15, -0.1) is 0 Å². The molecule has 0 atom stereocenters. The lowest BCUT2D eigenvalue weighted by Gasteiger charge is -2.13. The second kappa shape index (κ2) is 8.86. The van der Waals surface area contributed by atoms with Gasteiger partial charge < -0.3 is 18.9 Å². The number of halogens is 3. The first-order chi connectivity index (χ1) is 13.4. The van der Waals surface area contributed by atoms with Crippen LogP contribution in [0.15, 0.2) is 42.5 Å². The van der Waals surface area contributed by atoms with Crippen LogP contribution in [-0.2, 0) is 11.2 Å². The van der Waals surface area contributed by atoms with E-state index in [2.05, 4.69) is 0 Å². The van der Waals surface area contributed by atoms with Gasteiger partial charge in [0, 0.05) is 12.8 Å². The minimum Gasteiger partial charge on any atom is -0.490 e. The average Bonchev–Trinajstić information content (AvgIpc) is 2.90. The topological polar surface area (TPSA) is 54.0 Å². The van der Waals surface area contributed by atoms with Gasteiger partial charge in [-0.25, -0.2) is 0 Å². The van der Waals surface area contributed by atoms with E-state index < -0.39 is 18.8 Å². The Labute approximate surface area is 160 Å². The highest BCUT2D eigenvalue weighted by molar-refractivity contribution is 5.73. The zero-order chi connectivity index (χ0) is 20.0. The monoisotopic (exact) mass is 396 g/mol. The highest BCUT2D eigenvalue weighted by Crippen LogP contribution is 2.31. The Morgan fingerprint density at radius 1 is 1.00 bits per heavy atom. The summed E-state index contributed by atoms with van der Waals surface area (Å²) >= 11 is 0. The van der Waals surface area contributed by atoms with Gasteiger partial charge in [0.25, 0.3) is 0 Å². The molecule has 150 valence electrons. The third-order valence-electron chi connectivity index (χ3n) is 3.89. The van der Waals surface area contributed by atoms with Crippen LogP contribution in [-0.4, -0.2) is 32.0 Å². The van der Waals surface area contributed by atoms with Gasteiger partial charge in [-0.2, -0.15) is 13.2 Å². The summed E-state index contributed by atoms with van der Waals surface area (Å²) in [5.74, 6) is 0.545. The number of fused-ring (bicyclic) bond motifs is 1. The second-order valence-electron chi connectivity index (χ2n) is 6.16. The van der Waals surface area contributed by atoms with Gasteiger partial charge in [0.2, 0.25) is 0 Å². The lowest BCUT2D eigenvalue weighted by molar-refractivity contribution is -0.153. The molecule has 3 rings (SSSR count). The summed E-state index contributed by atoms with van der Waals surface area (Å²) in [4.78, 5) is 12.1. The number of hydrogen-bond acceptors (Lipinski definition) is 5. The van der Waals surface area contributed by atoms with Crippen molar-refractivity contribution in [1.29, 1.82) is 0 Å². The molecule has 28 heavy (non-hydrogen) atoms. The summed E-state index contributed by atoms with van der Waals surface area (Å²) < 4.78 is 58.1. The molecule has 0 spiro atoms. The maximum absolute atomic E-state index is 12.3. The zero-order valence-electron chi connectivity index (χ0n) is 15.0. The number of carbonyl (C=O) groups is 1. The first-order valence-electron chi connectivity index (χ1n) is 8.78. The van der Waals surface area contributed by atoms with E-state index >= 15 is 0 Å². The minimum absolute atomic E-state index is 0.0459. The fourth-order valence-corrected chi connectivity index (χ4v) is 2.60. The number of ether oxygens (including phenoxy) is 4. The summed E-state index contributed by atoms with van der Waals surface area (Å²) in [6.45, 7) is -0.305. The Morgan fingerprint density at radius 3 is 2.46 bits per heavy atom. The first kappa shape index (κ1) is 19.9. The molecule has 2 aromatic carbocycles. The van der Waals surface area contributed by atoms with E-state index in [1.54, 1.807) is 12.1 Å². The molecule has 1 heterocycles. The fourth-order valence-electron chi connectivity index (χ4n) is 2.60. The molecular formula is C20H19F3O5. The van der Waals surface area contributed by atoms with E-state index in [0.717, 1.165) is 12.0 Å². The van der Waals surface area contributed by atoms with Crippen molar-refractivity contribution in [2.45, 2.75) is 25.4 Å². The first-order valence-corrected chi connectivity index (χ1v) is 8.78. The smallest absolute Gasteiger partial charge is 0.422 e. The van der Waals surface area contributed by atoms with Gasteiger partial charge in [-0.05, 0) is 36.2 Å². The van der Waals surface area contributed by atoms with Crippen LogP contribution in [0.3, 0.4) is 0 Å². The molecule has 8 heteroatoms. The molecule has 0 saturated carbocycles. The van der Waals surface area contributed by atoms with E-state index in [4.69, 9.17) is 18.9 Å². The maximum Gasteiger partial charge on any atom is 0.422 e. The van der Waals surface area contributed by atoms with Crippen LogP contribution in [0.1, 0.15) is 18.4 Å². The van der Waals surface area contributed by atoms with E-state index in [1.165, 1.54) is 18.2 Å². The standard InChI is InChI=1S/C20H19F3O5/c21-20(22,23)13-27-15-4-1-2-5-17(15)28-19(24)9-7-14-6-8-16-18(12-14)26-11-3-10-25-16/h1-2,4-6,8,12H,3,7,9-11,13H2. The molecule has 0 bridgehead atoms. The fraction of sp³-hybridized carbons (Fsp3) is 0.350. The molecule has 0 unspecified atom stereocenters. The van der Waals surface area contributed by atoms with Gasteiger partial charge in [0.05, 0.1) is 13.2 Å². The number of hydrogen-bond donors (Lipinski definition) is 0.